The highest BCUT2D eigenvalue weighted by molar-refractivity contribution is 7.98. The summed E-state index contributed by atoms with van der Waals surface area (Å²) in [5, 5.41) is 11.5. The van der Waals surface area contributed by atoms with Gasteiger partial charge in [-0.25, -0.2) is 4.68 Å². The molecule has 0 saturated heterocycles. The van der Waals surface area contributed by atoms with Crippen LogP contribution in [0.5, 0.6) is 5.75 Å². The van der Waals surface area contributed by atoms with Gasteiger partial charge in [0.15, 0.2) is 0 Å². The van der Waals surface area contributed by atoms with Gasteiger partial charge in [-0.1, -0.05) is 48.2 Å². The lowest BCUT2D eigenvalue weighted by atomic mass is 9.94. The van der Waals surface area contributed by atoms with Crippen LogP contribution < -0.4 is 15.4 Å². The minimum absolute atomic E-state index is 0.205. The minimum atomic E-state index is -0.473. The summed E-state index contributed by atoms with van der Waals surface area (Å²) in [7, 11) is 1.62. The molecule has 0 fully saturated rings. The molecular formula is C21H21N5O2S. The lowest BCUT2D eigenvalue weighted by Gasteiger charge is -2.29. The topological polar surface area (TPSA) is 81.1 Å². The number of allylic oxidation sites excluding steroid dienone is 1. The summed E-state index contributed by atoms with van der Waals surface area (Å²) in [6.45, 7) is 1.87. The summed E-state index contributed by atoms with van der Waals surface area (Å²) < 4.78 is 7.33. The summed E-state index contributed by atoms with van der Waals surface area (Å²) in [6, 6.07) is 16.6. The van der Waals surface area contributed by atoms with Crippen LogP contribution in [0.15, 0.2) is 71.0 Å². The summed E-state index contributed by atoms with van der Waals surface area (Å²) in [5.41, 5.74) is 2.85. The number of amides is 1. The van der Waals surface area contributed by atoms with Crippen molar-refractivity contribution >= 4 is 29.3 Å². The molecule has 7 nitrogen and oxygen atoms in total. The number of aromatic nitrogens is 3. The lowest BCUT2D eigenvalue weighted by Crippen LogP contribution is -2.31. The molecule has 0 spiro atoms. The molecule has 2 aromatic carbocycles. The number of hydrogen-bond donors (Lipinski definition) is 2. The van der Waals surface area contributed by atoms with Gasteiger partial charge >= 0.3 is 0 Å². The molecule has 2 N–H and O–H groups in total. The molecule has 0 saturated carbocycles. The molecule has 1 aliphatic heterocycles. The first-order valence-corrected chi connectivity index (χ1v) is 10.3. The first-order chi connectivity index (χ1) is 14.1. The van der Waals surface area contributed by atoms with Crippen molar-refractivity contribution in [1.82, 2.24) is 14.8 Å². The largest absolute Gasteiger partial charge is 0.496 e. The van der Waals surface area contributed by atoms with E-state index in [-0.39, 0.29) is 5.91 Å². The number of fused-ring (bicyclic) bond motifs is 1. The predicted octanol–water partition coefficient (Wildman–Crippen LogP) is 3.94. The average Bonchev–Trinajstić information content (AvgIpc) is 3.16. The Kier molecular flexibility index (Phi) is 5.26. The monoisotopic (exact) mass is 407 g/mol. The van der Waals surface area contributed by atoms with Crippen molar-refractivity contribution in [2.45, 2.75) is 18.1 Å². The van der Waals surface area contributed by atoms with Gasteiger partial charge in [0, 0.05) is 16.9 Å². The number of hydrogen-bond acceptors (Lipinski definition) is 6. The van der Waals surface area contributed by atoms with Crippen molar-refractivity contribution in [3.05, 3.63) is 71.4 Å². The van der Waals surface area contributed by atoms with Gasteiger partial charge < -0.3 is 15.4 Å². The smallest absolute Gasteiger partial charge is 0.255 e. The van der Waals surface area contributed by atoms with Crippen LogP contribution in [0.2, 0.25) is 0 Å². The highest BCUT2D eigenvalue weighted by Crippen LogP contribution is 2.39. The molecule has 2 heterocycles. The molecule has 0 aliphatic carbocycles. The average molecular weight is 407 g/mol. The van der Waals surface area contributed by atoms with Gasteiger partial charge in [0.25, 0.3) is 5.91 Å². The Bertz CT molecular complexity index is 1080. The van der Waals surface area contributed by atoms with Crippen molar-refractivity contribution in [3.8, 4) is 5.75 Å². The number of carbonyl (C=O) groups is 1. The Labute approximate surface area is 173 Å². The third-order valence-corrected chi connectivity index (χ3v) is 5.26. The van der Waals surface area contributed by atoms with Gasteiger partial charge in [0.1, 0.15) is 11.8 Å². The fourth-order valence-electron chi connectivity index (χ4n) is 3.41. The predicted molar refractivity (Wildman–Crippen MR) is 114 cm³/mol. The number of nitrogens with one attached hydrogen (secondary N) is 2. The molecule has 148 valence electrons. The van der Waals surface area contributed by atoms with Gasteiger partial charge in [-0.05, 0) is 31.4 Å². The Balaban J connectivity index is 1.83. The number of nitrogens with zero attached hydrogens (tertiary/aromatic N) is 3. The summed E-state index contributed by atoms with van der Waals surface area (Å²) >= 11 is 1.45. The highest BCUT2D eigenvalue weighted by atomic mass is 32.2. The van der Waals surface area contributed by atoms with Gasteiger partial charge in [0.2, 0.25) is 11.1 Å². The summed E-state index contributed by atoms with van der Waals surface area (Å²) in [5.74, 6) is 1.08. The zero-order valence-electron chi connectivity index (χ0n) is 16.3. The van der Waals surface area contributed by atoms with Crippen molar-refractivity contribution < 1.29 is 9.53 Å². The zero-order valence-corrected chi connectivity index (χ0v) is 17.2. The first-order valence-electron chi connectivity index (χ1n) is 9.10. The lowest BCUT2D eigenvalue weighted by molar-refractivity contribution is -0.113. The number of anilines is 2. The fourth-order valence-corrected chi connectivity index (χ4v) is 3.76. The zero-order chi connectivity index (χ0) is 20.4. The summed E-state index contributed by atoms with van der Waals surface area (Å²) in [4.78, 5) is 17.9. The SMILES string of the molecule is COc1ccccc1[C@H]1C(C(=O)Nc2ccccc2)=C(C)Nc2nc(SC)nn21. The highest BCUT2D eigenvalue weighted by Gasteiger charge is 2.35. The molecule has 1 amide bonds. The van der Waals surface area contributed by atoms with E-state index in [4.69, 9.17) is 4.74 Å². The Morgan fingerprint density at radius 2 is 1.90 bits per heavy atom. The maximum atomic E-state index is 13.3. The maximum Gasteiger partial charge on any atom is 0.255 e. The van der Waals surface area contributed by atoms with Gasteiger partial charge in [0.05, 0.1) is 12.7 Å². The molecule has 0 unspecified atom stereocenters. The quantitative estimate of drug-likeness (QED) is 0.624. The molecule has 29 heavy (non-hydrogen) atoms. The van der Waals surface area contributed by atoms with E-state index >= 15 is 0 Å². The van der Waals surface area contributed by atoms with E-state index < -0.39 is 6.04 Å². The molecule has 4 rings (SSSR count). The second-order valence-electron chi connectivity index (χ2n) is 6.49. The van der Waals surface area contributed by atoms with E-state index in [1.54, 1.807) is 11.8 Å². The van der Waals surface area contributed by atoms with Crippen LogP contribution in [-0.2, 0) is 4.79 Å². The molecule has 3 aromatic rings. The third-order valence-electron chi connectivity index (χ3n) is 4.73. The van der Waals surface area contributed by atoms with Crippen molar-refractivity contribution in [2.75, 3.05) is 24.0 Å². The van der Waals surface area contributed by atoms with Crippen LogP contribution in [0.1, 0.15) is 18.5 Å². The van der Waals surface area contributed by atoms with Crippen molar-refractivity contribution in [3.63, 3.8) is 0 Å². The number of para-hydroxylation sites is 2. The third kappa shape index (κ3) is 3.58. The van der Waals surface area contributed by atoms with E-state index in [1.807, 2.05) is 67.8 Å². The second kappa shape index (κ2) is 8.00. The van der Waals surface area contributed by atoms with E-state index in [1.165, 1.54) is 11.8 Å². The number of carbonyl (C=O) groups excluding carboxylic acids is 1. The molecule has 1 aliphatic rings. The van der Waals surface area contributed by atoms with Gasteiger partial charge in [-0.2, -0.15) is 4.98 Å². The van der Waals surface area contributed by atoms with E-state index in [9.17, 15) is 4.79 Å². The normalized spacial score (nSPS) is 15.5. The maximum absolute atomic E-state index is 13.3. The van der Waals surface area contributed by atoms with Crippen LogP contribution in [-0.4, -0.2) is 34.0 Å². The fraction of sp³-hybridized carbons (Fsp3) is 0.190. The van der Waals surface area contributed by atoms with Crippen LogP contribution in [0, 0.1) is 0 Å². The molecular weight excluding hydrogens is 386 g/mol. The Morgan fingerprint density at radius 3 is 2.62 bits per heavy atom. The van der Waals surface area contributed by atoms with E-state index in [2.05, 4.69) is 20.7 Å². The Morgan fingerprint density at radius 1 is 1.17 bits per heavy atom. The molecule has 8 heteroatoms. The number of rotatable bonds is 5. The first kappa shape index (κ1) is 19.1. The standard InChI is InChI=1S/C21H21N5O2S/c1-13-17(19(27)23-14-9-5-4-6-10-14)18(15-11-7-8-12-16(15)28-2)26-20(22-13)24-21(25-26)29-3/h4-12,18H,1-3H3,(H,23,27)(H,22,24,25)/t18-/m0/s1. The molecule has 0 bridgehead atoms. The molecule has 1 atom stereocenters. The molecule has 1 aromatic heterocycles. The van der Waals surface area contributed by atoms with Gasteiger partial charge in [-0.3, -0.25) is 4.79 Å². The van der Waals surface area contributed by atoms with Crippen LogP contribution in [0.3, 0.4) is 0 Å². The van der Waals surface area contributed by atoms with E-state index in [0.717, 1.165) is 16.9 Å². The molecule has 0 radical (unpaired) electrons. The minimum Gasteiger partial charge on any atom is -0.496 e. The van der Waals surface area contributed by atoms with Crippen LogP contribution in [0.4, 0.5) is 11.6 Å². The number of methoxy groups -OCH3 is 1. The van der Waals surface area contributed by atoms with Gasteiger partial charge in [-0.15, -0.1) is 5.10 Å². The number of thioether (sulfide) groups is 1. The Hall–Kier alpha value is -3.26. The number of ether oxygens (including phenoxy) is 1. The van der Waals surface area contributed by atoms with Crippen molar-refractivity contribution in [1.29, 1.82) is 0 Å². The van der Waals surface area contributed by atoms with E-state index in [0.29, 0.717) is 22.4 Å². The second-order valence-corrected chi connectivity index (χ2v) is 7.27. The van der Waals surface area contributed by atoms with Crippen LogP contribution in [0.25, 0.3) is 0 Å². The number of benzene rings is 2. The van der Waals surface area contributed by atoms with Crippen molar-refractivity contribution in [2.24, 2.45) is 0 Å². The summed E-state index contributed by atoms with van der Waals surface area (Å²) in [6.07, 6.45) is 1.92. The van der Waals surface area contributed by atoms with Crippen LogP contribution >= 0.6 is 11.8 Å².